The van der Waals surface area contributed by atoms with Gasteiger partial charge in [0.05, 0.1) is 9.98 Å². The van der Waals surface area contributed by atoms with Crippen LogP contribution >= 0.6 is 38.9 Å². The van der Waals surface area contributed by atoms with Crippen molar-refractivity contribution in [3.8, 4) is 0 Å². The van der Waals surface area contributed by atoms with E-state index in [1.54, 1.807) is 18.3 Å². The second-order valence-electron chi connectivity index (χ2n) is 3.51. The lowest BCUT2D eigenvalue weighted by Crippen LogP contribution is -2.19. The van der Waals surface area contributed by atoms with E-state index in [2.05, 4.69) is 31.5 Å². The average molecular weight is 347 g/mol. The molecule has 0 fully saturated rings. The summed E-state index contributed by atoms with van der Waals surface area (Å²) in [6.45, 7) is 1.90. The number of thiazole rings is 1. The van der Waals surface area contributed by atoms with Gasteiger partial charge in [0.25, 0.3) is 0 Å². The first kappa shape index (κ1) is 13.3. The highest BCUT2D eigenvalue weighted by atomic mass is 79.9. The first-order chi connectivity index (χ1) is 8.54. The molecular formula is C11H9BrClN3OS. The Morgan fingerprint density at radius 1 is 1.44 bits per heavy atom. The smallest absolute Gasteiger partial charge is 0.308 e. The molecule has 0 aliphatic rings. The van der Waals surface area contributed by atoms with E-state index in [1.165, 1.54) is 11.3 Å². The minimum Gasteiger partial charge on any atom is -0.308 e. The molecule has 94 valence electrons. The van der Waals surface area contributed by atoms with Crippen molar-refractivity contribution in [2.24, 2.45) is 0 Å². The molecule has 0 saturated heterocycles. The average Bonchev–Trinajstić information content (AvgIpc) is 2.69. The Labute approximate surface area is 122 Å². The van der Waals surface area contributed by atoms with Crippen LogP contribution in [0.3, 0.4) is 0 Å². The summed E-state index contributed by atoms with van der Waals surface area (Å²) in [4.78, 5) is 15.7. The Morgan fingerprint density at radius 3 is 2.83 bits per heavy atom. The molecule has 2 N–H and O–H groups in total. The van der Waals surface area contributed by atoms with Crippen LogP contribution in [-0.4, -0.2) is 11.0 Å². The number of aryl methyl sites for hydroxylation is 1. The Bertz CT molecular complexity index is 587. The molecular weight excluding hydrogens is 338 g/mol. The van der Waals surface area contributed by atoms with Crippen LogP contribution in [0.25, 0.3) is 0 Å². The predicted octanol–water partition coefficient (Wildman–Crippen LogP) is 4.51. The van der Waals surface area contributed by atoms with Crippen molar-refractivity contribution < 1.29 is 4.79 Å². The quantitative estimate of drug-likeness (QED) is 0.840. The van der Waals surface area contributed by atoms with E-state index < -0.39 is 0 Å². The normalized spacial score (nSPS) is 10.2. The molecule has 7 heteroatoms. The fraction of sp³-hybridized carbons (Fsp3) is 0.0909. The van der Waals surface area contributed by atoms with Gasteiger partial charge in [-0.05, 0) is 40.5 Å². The summed E-state index contributed by atoms with van der Waals surface area (Å²) in [7, 11) is 0. The van der Waals surface area contributed by atoms with Crippen molar-refractivity contribution in [2.75, 3.05) is 10.6 Å². The maximum Gasteiger partial charge on any atom is 0.325 e. The summed E-state index contributed by atoms with van der Waals surface area (Å²) < 4.78 is 0.858. The lowest BCUT2D eigenvalue weighted by Gasteiger charge is -2.06. The van der Waals surface area contributed by atoms with Gasteiger partial charge in [-0.15, -0.1) is 0 Å². The van der Waals surface area contributed by atoms with Gasteiger partial charge in [-0.3, -0.25) is 5.32 Å². The molecule has 2 aromatic rings. The van der Waals surface area contributed by atoms with Gasteiger partial charge in [0.2, 0.25) is 0 Å². The molecule has 0 radical (unpaired) electrons. The number of nitrogens with one attached hydrogen (secondary N) is 2. The lowest BCUT2D eigenvalue weighted by molar-refractivity contribution is 0.262. The second-order valence-corrected chi connectivity index (χ2v) is 6.33. The van der Waals surface area contributed by atoms with E-state index in [0.717, 1.165) is 9.35 Å². The van der Waals surface area contributed by atoms with E-state index >= 15 is 0 Å². The van der Waals surface area contributed by atoms with E-state index in [1.807, 2.05) is 13.0 Å². The lowest BCUT2D eigenvalue weighted by atomic mass is 10.2. The summed E-state index contributed by atoms with van der Waals surface area (Å²) in [6.07, 6.45) is 1.63. The van der Waals surface area contributed by atoms with Crippen molar-refractivity contribution in [1.29, 1.82) is 0 Å². The Morgan fingerprint density at radius 2 is 2.22 bits per heavy atom. The fourth-order valence-electron chi connectivity index (χ4n) is 1.24. The van der Waals surface area contributed by atoms with Gasteiger partial charge < -0.3 is 5.32 Å². The van der Waals surface area contributed by atoms with Crippen LogP contribution in [0.5, 0.6) is 0 Å². The van der Waals surface area contributed by atoms with Gasteiger partial charge in [0, 0.05) is 10.7 Å². The number of hydrogen-bond donors (Lipinski definition) is 2. The number of carbonyl (C=O) groups is 1. The molecule has 1 aromatic carbocycles. The van der Waals surface area contributed by atoms with Crippen molar-refractivity contribution in [3.05, 3.63) is 38.8 Å². The maximum absolute atomic E-state index is 11.7. The number of urea groups is 1. The molecule has 18 heavy (non-hydrogen) atoms. The number of amides is 2. The highest BCUT2D eigenvalue weighted by Gasteiger charge is 2.06. The van der Waals surface area contributed by atoms with Gasteiger partial charge in [-0.2, -0.15) is 0 Å². The summed E-state index contributed by atoms with van der Waals surface area (Å²) >= 11 is 10.6. The van der Waals surface area contributed by atoms with Gasteiger partial charge in [0.1, 0.15) is 0 Å². The number of anilines is 2. The Kier molecular flexibility index (Phi) is 4.21. The van der Waals surface area contributed by atoms with Gasteiger partial charge in [-0.25, -0.2) is 9.78 Å². The van der Waals surface area contributed by atoms with E-state index in [0.29, 0.717) is 15.8 Å². The van der Waals surface area contributed by atoms with Crippen molar-refractivity contribution in [2.45, 2.75) is 6.92 Å². The van der Waals surface area contributed by atoms with Crippen LogP contribution in [0.2, 0.25) is 5.02 Å². The van der Waals surface area contributed by atoms with Crippen LogP contribution in [-0.2, 0) is 0 Å². The molecule has 2 amide bonds. The van der Waals surface area contributed by atoms with Crippen LogP contribution in [0.1, 0.15) is 5.56 Å². The van der Waals surface area contributed by atoms with Crippen molar-refractivity contribution >= 4 is 55.7 Å². The molecule has 0 bridgehead atoms. The molecule has 4 nitrogen and oxygen atoms in total. The molecule has 0 atom stereocenters. The molecule has 0 unspecified atom stereocenters. The molecule has 0 spiro atoms. The molecule has 0 saturated carbocycles. The number of rotatable bonds is 2. The largest absolute Gasteiger partial charge is 0.325 e. The highest BCUT2D eigenvalue weighted by molar-refractivity contribution is 9.11. The SMILES string of the molecule is Cc1ccc(NC(=O)Nc2ncc(Br)s2)cc1Cl. The third-order valence-corrected chi connectivity index (χ3v) is 3.93. The van der Waals surface area contributed by atoms with Gasteiger partial charge >= 0.3 is 6.03 Å². The Hall–Kier alpha value is -1.11. The van der Waals surface area contributed by atoms with Gasteiger partial charge in [-0.1, -0.05) is 29.0 Å². The predicted molar refractivity (Wildman–Crippen MR) is 78.6 cm³/mol. The van der Waals surface area contributed by atoms with Crippen molar-refractivity contribution in [3.63, 3.8) is 0 Å². The third kappa shape index (κ3) is 3.44. The van der Waals surface area contributed by atoms with E-state index in [4.69, 9.17) is 11.6 Å². The first-order valence-electron chi connectivity index (χ1n) is 5.00. The number of hydrogen-bond acceptors (Lipinski definition) is 3. The zero-order chi connectivity index (χ0) is 13.1. The number of aromatic nitrogens is 1. The highest BCUT2D eigenvalue weighted by Crippen LogP contribution is 2.24. The van der Waals surface area contributed by atoms with Crippen LogP contribution in [0.15, 0.2) is 28.2 Å². The summed E-state index contributed by atoms with van der Waals surface area (Å²) in [5.74, 6) is 0. The maximum atomic E-state index is 11.7. The fourth-order valence-corrected chi connectivity index (χ4v) is 2.52. The zero-order valence-corrected chi connectivity index (χ0v) is 12.5. The molecule has 0 aliphatic heterocycles. The standard InChI is InChI=1S/C11H9BrClN3OS/c1-6-2-3-7(4-8(6)13)15-10(17)16-11-14-5-9(12)18-11/h2-5H,1H3,(H2,14,15,16,17). The minimum absolute atomic E-state index is 0.350. The molecule has 1 aromatic heterocycles. The molecule has 0 aliphatic carbocycles. The number of carbonyl (C=O) groups excluding carboxylic acids is 1. The first-order valence-corrected chi connectivity index (χ1v) is 6.99. The second kappa shape index (κ2) is 5.69. The number of halogens is 2. The van der Waals surface area contributed by atoms with Gasteiger partial charge in [0.15, 0.2) is 5.13 Å². The molecule has 1 heterocycles. The van der Waals surface area contributed by atoms with Crippen LogP contribution in [0.4, 0.5) is 15.6 Å². The molecule has 2 rings (SSSR count). The van der Waals surface area contributed by atoms with E-state index in [9.17, 15) is 4.79 Å². The van der Waals surface area contributed by atoms with E-state index in [-0.39, 0.29) is 6.03 Å². The third-order valence-electron chi connectivity index (χ3n) is 2.13. The van der Waals surface area contributed by atoms with Crippen LogP contribution in [0, 0.1) is 6.92 Å². The topological polar surface area (TPSA) is 54.0 Å². The summed E-state index contributed by atoms with van der Waals surface area (Å²) in [5.41, 5.74) is 1.60. The van der Waals surface area contributed by atoms with Crippen LogP contribution < -0.4 is 10.6 Å². The van der Waals surface area contributed by atoms with Crippen molar-refractivity contribution in [1.82, 2.24) is 4.98 Å². The minimum atomic E-state index is -0.350. The number of nitrogens with zero attached hydrogens (tertiary/aromatic N) is 1. The summed E-state index contributed by atoms with van der Waals surface area (Å²) in [6, 6.07) is 4.99. The zero-order valence-electron chi connectivity index (χ0n) is 9.33. The monoisotopic (exact) mass is 345 g/mol. The number of benzene rings is 1. The summed E-state index contributed by atoms with van der Waals surface area (Å²) in [5, 5.41) is 6.46. The Balaban J connectivity index is 2.00.